The standard InChI is InChI=1S/C21H22O2S/c1-16(2)13-14-23-20-12-8-7-9-18(20)15-21(17(3)22)24-19-10-5-4-6-11-19/h4-13,15H,14H2,1-3H3. The van der Waals surface area contributed by atoms with Gasteiger partial charge in [0, 0.05) is 10.5 Å². The molecule has 0 amide bonds. The number of ketones is 1. The van der Waals surface area contributed by atoms with E-state index >= 15 is 0 Å². The summed E-state index contributed by atoms with van der Waals surface area (Å²) in [5.41, 5.74) is 2.13. The topological polar surface area (TPSA) is 26.3 Å². The van der Waals surface area contributed by atoms with Crippen molar-refractivity contribution in [2.24, 2.45) is 0 Å². The summed E-state index contributed by atoms with van der Waals surface area (Å²) < 4.78 is 5.84. The van der Waals surface area contributed by atoms with E-state index in [0.717, 1.165) is 16.2 Å². The molecular formula is C21H22O2S. The van der Waals surface area contributed by atoms with Crippen molar-refractivity contribution in [3.63, 3.8) is 0 Å². The maximum atomic E-state index is 12.0. The second kappa shape index (κ2) is 9.14. The predicted octanol–water partition coefficient (Wildman–Crippen LogP) is 5.75. The summed E-state index contributed by atoms with van der Waals surface area (Å²) >= 11 is 1.47. The molecule has 0 aromatic heterocycles. The summed E-state index contributed by atoms with van der Waals surface area (Å²) in [7, 11) is 0. The number of allylic oxidation sites excluding steroid dienone is 2. The first-order valence-corrected chi connectivity index (χ1v) is 8.68. The molecule has 0 aliphatic heterocycles. The van der Waals surface area contributed by atoms with Gasteiger partial charge >= 0.3 is 0 Å². The smallest absolute Gasteiger partial charge is 0.166 e. The number of para-hydroxylation sites is 1. The van der Waals surface area contributed by atoms with Crippen LogP contribution in [0.25, 0.3) is 6.08 Å². The fraction of sp³-hybridized carbons (Fsp3) is 0.190. The maximum Gasteiger partial charge on any atom is 0.166 e. The Morgan fingerprint density at radius 1 is 1.00 bits per heavy atom. The number of thioether (sulfide) groups is 1. The molecule has 0 saturated heterocycles. The highest BCUT2D eigenvalue weighted by Gasteiger charge is 2.09. The third-order valence-electron chi connectivity index (χ3n) is 3.25. The summed E-state index contributed by atoms with van der Waals surface area (Å²) in [4.78, 5) is 13.8. The first-order chi connectivity index (χ1) is 11.6. The molecule has 2 aromatic rings. The van der Waals surface area contributed by atoms with Crippen molar-refractivity contribution < 1.29 is 9.53 Å². The summed E-state index contributed by atoms with van der Waals surface area (Å²) in [6.45, 7) is 6.20. The number of carbonyl (C=O) groups is 1. The maximum absolute atomic E-state index is 12.0. The van der Waals surface area contributed by atoms with E-state index in [9.17, 15) is 4.79 Å². The molecule has 0 aliphatic carbocycles. The van der Waals surface area contributed by atoms with Gasteiger partial charge in [0.2, 0.25) is 0 Å². The van der Waals surface area contributed by atoms with E-state index in [-0.39, 0.29) is 5.78 Å². The minimum absolute atomic E-state index is 0.0444. The number of benzene rings is 2. The fourth-order valence-electron chi connectivity index (χ4n) is 1.99. The Bertz CT molecular complexity index is 741. The molecule has 0 heterocycles. The summed E-state index contributed by atoms with van der Waals surface area (Å²) in [6, 6.07) is 17.7. The summed E-state index contributed by atoms with van der Waals surface area (Å²) in [6.07, 6.45) is 3.93. The van der Waals surface area contributed by atoms with Gasteiger partial charge in [-0.1, -0.05) is 53.7 Å². The van der Waals surface area contributed by atoms with Gasteiger partial charge in [-0.15, -0.1) is 0 Å². The van der Waals surface area contributed by atoms with Crippen molar-refractivity contribution >= 4 is 23.6 Å². The molecule has 0 atom stereocenters. The van der Waals surface area contributed by atoms with E-state index < -0.39 is 0 Å². The third kappa shape index (κ3) is 5.74. The molecule has 0 fully saturated rings. The first-order valence-electron chi connectivity index (χ1n) is 7.87. The van der Waals surface area contributed by atoms with E-state index in [0.29, 0.717) is 11.5 Å². The minimum atomic E-state index is 0.0444. The number of hydrogen-bond acceptors (Lipinski definition) is 3. The SMILES string of the molecule is CC(=O)C(=Cc1ccccc1OCC=C(C)C)Sc1ccccc1. The first kappa shape index (κ1) is 18.1. The molecular weight excluding hydrogens is 316 g/mol. The van der Waals surface area contributed by atoms with Crippen LogP contribution in [0.2, 0.25) is 0 Å². The van der Waals surface area contributed by atoms with Crippen LogP contribution in [0.5, 0.6) is 5.75 Å². The van der Waals surface area contributed by atoms with Gasteiger partial charge in [0.05, 0.1) is 4.91 Å². The van der Waals surface area contributed by atoms with Crippen LogP contribution in [-0.2, 0) is 4.79 Å². The highest BCUT2D eigenvalue weighted by atomic mass is 32.2. The molecule has 0 bridgehead atoms. The Labute approximate surface area is 148 Å². The van der Waals surface area contributed by atoms with Crippen LogP contribution >= 0.6 is 11.8 Å². The average Bonchev–Trinajstić information content (AvgIpc) is 2.56. The van der Waals surface area contributed by atoms with Crippen molar-refractivity contribution in [1.29, 1.82) is 0 Å². The van der Waals surface area contributed by atoms with Gasteiger partial charge in [0.15, 0.2) is 5.78 Å². The van der Waals surface area contributed by atoms with Crippen molar-refractivity contribution in [1.82, 2.24) is 0 Å². The zero-order valence-corrected chi connectivity index (χ0v) is 15.1. The molecule has 0 N–H and O–H groups in total. The Hall–Kier alpha value is -2.26. The molecule has 24 heavy (non-hydrogen) atoms. The Morgan fingerprint density at radius 2 is 1.67 bits per heavy atom. The van der Waals surface area contributed by atoms with Crippen molar-refractivity contribution in [2.75, 3.05) is 6.61 Å². The van der Waals surface area contributed by atoms with Crippen LogP contribution in [0.4, 0.5) is 0 Å². The molecule has 3 heteroatoms. The van der Waals surface area contributed by atoms with Gasteiger partial charge in [0.25, 0.3) is 0 Å². The van der Waals surface area contributed by atoms with Crippen molar-refractivity contribution in [3.05, 3.63) is 76.7 Å². The van der Waals surface area contributed by atoms with Crippen LogP contribution in [0.15, 0.2) is 76.0 Å². The van der Waals surface area contributed by atoms with Crippen LogP contribution < -0.4 is 4.74 Å². The van der Waals surface area contributed by atoms with Gasteiger partial charge in [-0.2, -0.15) is 0 Å². The van der Waals surface area contributed by atoms with Crippen molar-refractivity contribution in [2.45, 2.75) is 25.7 Å². The highest BCUT2D eigenvalue weighted by Crippen LogP contribution is 2.31. The monoisotopic (exact) mass is 338 g/mol. The zero-order chi connectivity index (χ0) is 17.4. The van der Waals surface area contributed by atoms with Gasteiger partial charge in [0.1, 0.15) is 12.4 Å². The Balaban J connectivity index is 2.25. The lowest BCUT2D eigenvalue weighted by Gasteiger charge is -2.09. The van der Waals surface area contributed by atoms with Crippen LogP contribution in [0, 0.1) is 0 Å². The van der Waals surface area contributed by atoms with Gasteiger partial charge in [-0.3, -0.25) is 4.79 Å². The molecule has 0 spiro atoms. The third-order valence-corrected chi connectivity index (χ3v) is 4.39. The largest absolute Gasteiger partial charge is 0.489 e. The quantitative estimate of drug-likeness (QED) is 0.365. The number of carbonyl (C=O) groups excluding carboxylic acids is 1. The predicted molar refractivity (Wildman–Crippen MR) is 102 cm³/mol. The highest BCUT2D eigenvalue weighted by molar-refractivity contribution is 8.04. The number of Topliss-reactive ketones (excluding diaryl/α,β-unsaturated/α-hetero) is 1. The molecule has 0 unspecified atom stereocenters. The lowest BCUT2D eigenvalue weighted by atomic mass is 10.1. The second-order valence-corrected chi connectivity index (χ2v) is 6.73. The van der Waals surface area contributed by atoms with Crippen LogP contribution in [0.3, 0.4) is 0 Å². The fourth-order valence-corrected chi connectivity index (χ4v) is 2.87. The second-order valence-electron chi connectivity index (χ2n) is 5.61. The molecule has 0 radical (unpaired) electrons. The zero-order valence-electron chi connectivity index (χ0n) is 14.3. The Morgan fingerprint density at radius 3 is 2.33 bits per heavy atom. The normalized spacial score (nSPS) is 11.0. The molecule has 0 saturated carbocycles. The molecule has 2 rings (SSSR count). The van der Waals surface area contributed by atoms with Crippen LogP contribution in [-0.4, -0.2) is 12.4 Å². The number of ether oxygens (including phenoxy) is 1. The van der Waals surface area contributed by atoms with E-state index in [1.807, 2.05) is 80.6 Å². The summed E-state index contributed by atoms with van der Waals surface area (Å²) in [5.74, 6) is 0.824. The molecule has 124 valence electrons. The van der Waals surface area contributed by atoms with Crippen LogP contribution in [0.1, 0.15) is 26.3 Å². The Kier molecular flexibility index (Phi) is 6.89. The van der Waals surface area contributed by atoms with E-state index in [1.54, 1.807) is 6.92 Å². The van der Waals surface area contributed by atoms with E-state index in [4.69, 9.17) is 4.74 Å². The molecule has 2 aromatic carbocycles. The van der Waals surface area contributed by atoms with E-state index in [2.05, 4.69) is 0 Å². The average molecular weight is 338 g/mol. The number of rotatable bonds is 7. The minimum Gasteiger partial charge on any atom is -0.489 e. The van der Waals surface area contributed by atoms with E-state index in [1.165, 1.54) is 17.3 Å². The lowest BCUT2D eigenvalue weighted by molar-refractivity contribution is -0.112. The van der Waals surface area contributed by atoms with Gasteiger partial charge in [-0.25, -0.2) is 0 Å². The molecule has 2 nitrogen and oxygen atoms in total. The number of hydrogen-bond donors (Lipinski definition) is 0. The lowest BCUT2D eigenvalue weighted by Crippen LogP contribution is -1.97. The van der Waals surface area contributed by atoms with Gasteiger partial charge in [-0.05, 0) is 51.1 Å². The summed E-state index contributed by atoms with van der Waals surface area (Å²) in [5, 5.41) is 0. The van der Waals surface area contributed by atoms with Crippen molar-refractivity contribution in [3.8, 4) is 5.75 Å². The van der Waals surface area contributed by atoms with Gasteiger partial charge < -0.3 is 4.74 Å². The molecule has 0 aliphatic rings.